The fourth-order valence-corrected chi connectivity index (χ4v) is 7.43. The quantitative estimate of drug-likeness (QED) is 0.170. The van der Waals surface area contributed by atoms with E-state index in [9.17, 15) is 5.26 Å². The third kappa shape index (κ3) is 5.29. The molecule has 0 aliphatic carbocycles. The highest BCUT2D eigenvalue weighted by Gasteiger charge is 2.18. The van der Waals surface area contributed by atoms with E-state index < -0.39 is 0 Å². The van der Waals surface area contributed by atoms with Crippen LogP contribution >= 0.6 is 0 Å². The second-order valence-corrected chi connectivity index (χ2v) is 13.1. The van der Waals surface area contributed by atoms with Crippen LogP contribution in [-0.4, -0.2) is 15.0 Å². The third-order valence-corrected chi connectivity index (χ3v) is 10.00. The van der Waals surface area contributed by atoms with Crippen LogP contribution in [0.2, 0.25) is 0 Å². The molecule has 10 rings (SSSR count). The molecule has 0 saturated carbocycles. The van der Waals surface area contributed by atoms with E-state index in [1.807, 2.05) is 72.8 Å². The second kappa shape index (κ2) is 12.4. The maximum atomic E-state index is 9.38. The van der Waals surface area contributed by atoms with Gasteiger partial charge in [-0.05, 0) is 116 Å². The summed E-state index contributed by atoms with van der Waals surface area (Å²) in [5, 5.41) is 16.1. The largest absolute Gasteiger partial charge is 0.455 e. The van der Waals surface area contributed by atoms with Crippen LogP contribution in [-0.2, 0) is 0 Å². The Morgan fingerprint density at radius 3 is 1.66 bits per heavy atom. The van der Waals surface area contributed by atoms with E-state index in [0.29, 0.717) is 5.56 Å². The molecular weight excluding hydrogens is 649 g/mol. The lowest BCUT2D eigenvalue weighted by atomic mass is 9.91. The van der Waals surface area contributed by atoms with Gasteiger partial charge in [-0.2, -0.15) is 5.26 Å². The van der Waals surface area contributed by atoms with Gasteiger partial charge in [0.05, 0.1) is 34.4 Å². The molecule has 0 fully saturated rings. The number of rotatable bonds is 5. The lowest BCUT2D eigenvalue weighted by molar-refractivity contribution is 0.673. The van der Waals surface area contributed by atoms with Gasteiger partial charge in [-0.25, -0.2) is 4.98 Å². The predicted octanol–water partition coefficient (Wildman–Crippen LogP) is 12.3. The van der Waals surface area contributed by atoms with Crippen LogP contribution in [0.3, 0.4) is 0 Å². The fourth-order valence-electron chi connectivity index (χ4n) is 7.43. The van der Waals surface area contributed by atoms with Gasteiger partial charge in [0, 0.05) is 28.6 Å². The van der Waals surface area contributed by atoms with Gasteiger partial charge >= 0.3 is 0 Å². The summed E-state index contributed by atoms with van der Waals surface area (Å²) >= 11 is 0. The van der Waals surface area contributed by atoms with Crippen molar-refractivity contribution in [2.45, 2.75) is 0 Å². The van der Waals surface area contributed by atoms with Crippen LogP contribution in [0.15, 0.2) is 175 Å². The number of pyridine rings is 3. The molecule has 0 unspecified atom stereocenters. The lowest BCUT2D eigenvalue weighted by Gasteiger charge is -2.13. The van der Waals surface area contributed by atoms with Crippen molar-refractivity contribution in [1.82, 2.24) is 15.0 Å². The fraction of sp³-hybridized carbons (Fsp3) is 0. The Labute approximate surface area is 305 Å². The van der Waals surface area contributed by atoms with Gasteiger partial charge < -0.3 is 4.42 Å². The summed E-state index contributed by atoms with van der Waals surface area (Å²) in [6, 6.07) is 56.1. The SMILES string of the molecule is N#Cc1cccc(-c2ccc(-c3ccc4c5ccc(-c6cc(-c7ccccn7)nc(-c7ccccn7)c6)cc5c5oc6ccccc6c5c4c3)cc2)c1. The number of nitrogens with zero attached hydrogens (tertiary/aromatic N) is 4. The number of benzene rings is 6. The van der Waals surface area contributed by atoms with Gasteiger partial charge in [-0.3, -0.25) is 9.97 Å². The minimum Gasteiger partial charge on any atom is -0.455 e. The van der Waals surface area contributed by atoms with Crippen molar-refractivity contribution in [2.24, 2.45) is 0 Å². The van der Waals surface area contributed by atoms with Crippen molar-refractivity contribution in [1.29, 1.82) is 5.26 Å². The first kappa shape index (κ1) is 30.4. The van der Waals surface area contributed by atoms with Crippen LogP contribution in [0.25, 0.3) is 99.6 Å². The topological polar surface area (TPSA) is 75.6 Å². The zero-order valence-electron chi connectivity index (χ0n) is 28.4. The Bertz CT molecular complexity index is 2990. The highest BCUT2D eigenvalue weighted by Crippen LogP contribution is 2.43. The molecule has 4 aromatic heterocycles. The molecule has 53 heavy (non-hydrogen) atoms. The average Bonchev–Trinajstić information content (AvgIpc) is 3.64. The molecule has 4 heterocycles. The van der Waals surface area contributed by atoms with Gasteiger partial charge in [-0.15, -0.1) is 0 Å². The van der Waals surface area contributed by atoms with Gasteiger partial charge in [-0.1, -0.05) is 91.0 Å². The Kier molecular flexibility index (Phi) is 7.12. The summed E-state index contributed by atoms with van der Waals surface area (Å²) in [5.41, 5.74) is 12.0. The maximum absolute atomic E-state index is 9.38. The first-order chi connectivity index (χ1) is 26.2. The molecule has 0 amide bonds. The van der Waals surface area contributed by atoms with E-state index in [2.05, 4.69) is 101 Å². The summed E-state index contributed by atoms with van der Waals surface area (Å²) < 4.78 is 6.72. The summed E-state index contributed by atoms with van der Waals surface area (Å²) in [7, 11) is 0. The molecule has 0 spiro atoms. The zero-order valence-corrected chi connectivity index (χ0v) is 28.4. The molecule has 0 saturated heterocycles. The highest BCUT2D eigenvalue weighted by atomic mass is 16.3. The minimum absolute atomic E-state index is 0.654. The van der Waals surface area contributed by atoms with E-state index >= 15 is 0 Å². The Hall–Kier alpha value is -7.42. The van der Waals surface area contributed by atoms with Gasteiger partial charge in [0.2, 0.25) is 0 Å². The first-order valence-corrected chi connectivity index (χ1v) is 17.5. The Morgan fingerprint density at radius 2 is 1.00 bits per heavy atom. The van der Waals surface area contributed by atoms with Crippen molar-refractivity contribution in [3.05, 3.63) is 176 Å². The molecule has 0 bridgehead atoms. The first-order valence-electron chi connectivity index (χ1n) is 17.5. The monoisotopic (exact) mass is 676 g/mol. The van der Waals surface area contributed by atoms with Crippen LogP contribution < -0.4 is 0 Å². The molecule has 5 heteroatoms. The van der Waals surface area contributed by atoms with Gasteiger partial charge in [0.1, 0.15) is 11.2 Å². The number of nitriles is 1. The molecule has 0 aliphatic rings. The third-order valence-electron chi connectivity index (χ3n) is 10.00. The van der Waals surface area contributed by atoms with Crippen molar-refractivity contribution >= 4 is 43.5 Å². The molecule has 246 valence electrons. The average molecular weight is 677 g/mol. The van der Waals surface area contributed by atoms with Crippen LogP contribution in [0.5, 0.6) is 0 Å². The van der Waals surface area contributed by atoms with E-state index in [0.717, 1.165) is 99.6 Å². The number of fused-ring (bicyclic) bond motifs is 8. The molecular formula is C48H28N4O. The van der Waals surface area contributed by atoms with E-state index in [-0.39, 0.29) is 0 Å². The van der Waals surface area contributed by atoms with Crippen LogP contribution in [0.1, 0.15) is 5.56 Å². The molecule has 6 aromatic carbocycles. The van der Waals surface area contributed by atoms with E-state index in [1.54, 1.807) is 12.4 Å². The summed E-state index contributed by atoms with van der Waals surface area (Å²) in [6.45, 7) is 0. The standard InChI is InChI=1S/C48H28N4O/c49-29-30-8-7-9-33(24-30)31-14-16-32(17-15-31)34-18-20-37-38-21-19-35(26-41(38)48-47(40(37)25-34)39-10-1-2-13-46(39)53-48)36-27-44(42-11-3-5-22-50-42)52-45(28-36)43-12-4-6-23-51-43/h1-28H. The number of aromatic nitrogens is 3. The van der Waals surface area contributed by atoms with Crippen LogP contribution in [0.4, 0.5) is 0 Å². The maximum Gasteiger partial charge on any atom is 0.143 e. The molecule has 0 atom stereocenters. The summed E-state index contributed by atoms with van der Waals surface area (Å²) in [4.78, 5) is 14.2. The van der Waals surface area contributed by atoms with Crippen LogP contribution in [0, 0.1) is 11.3 Å². The molecule has 0 aliphatic heterocycles. The Morgan fingerprint density at radius 1 is 0.415 bits per heavy atom. The number of hydrogen-bond acceptors (Lipinski definition) is 5. The van der Waals surface area contributed by atoms with E-state index in [4.69, 9.17) is 9.40 Å². The minimum atomic E-state index is 0.654. The van der Waals surface area contributed by atoms with Crippen molar-refractivity contribution in [3.63, 3.8) is 0 Å². The normalized spacial score (nSPS) is 11.4. The van der Waals surface area contributed by atoms with Gasteiger partial charge in [0.25, 0.3) is 0 Å². The van der Waals surface area contributed by atoms with Gasteiger partial charge in [0.15, 0.2) is 0 Å². The molecule has 5 nitrogen and oxygen atoms in total. The van der Waals surface area contributed by atoms with E-state index in [1.165, 1.54) is 0 Å². The second-order valence-electron chi connectivity index (χ2n) is 13.1. The summed E-state index contributed by atoms with van der Waals surface area (Å²) in [6.07, 6.45) is 3.59. The van der Waals surface area contributed by atoms with Crippen molar-refractivity contribution in [2.75, 3.05) is 0 Å². The highest BCUT2D eigenvalue weighted by molar-refractivity contribution is 6.30. The zero-order chi connectivity index (χ0) is 35.3. The van der Waals surface area contributed by atoms with Crippen molar-refractivity contribution in [3.8, 4) is 62.2 Å². The molecule has 10 aromatic rings. The number of furan rings is 1. The molecule has 0 N–H and O–H groups in total. The predicted molar refractivity (Wildman–Crippen MR) is 214 cm³/mol. The Balaban J connectivity index is 1.15. The summed E-state index contributed by atoms with van der Waals surface area (Å²) in [5.74, 6) is 0. The lowest BCUT2D eigenvalue weighted by Crippen LogP contribution is -1.94. The van der Waals surface area contributed by atoms with Crippen molar-refractivity contribution < 1.29 is 4.42 Å². The molecule has 0 radical (unpaired) electrons. The number of para-hydroxylation sites is 1. The smallest absolute Gasteiger partial charge is 0.143 e. The number of hydrogen-bond donors (Lipinski definition) is 0.